The second kappa shape index (κ2) is 5.16. The highest BCUT2D eigenvalue weighted by Gasteiger charge is 2.23. The highest BCUT2D eigenvalue weighted by atomic mass is 35.5. The lowest BCUT2D eigenvalue weighted by molar-refractivity contribution is 0.0513. The maximum Gasteiger partial charge on any atom is 0.360 e. The van der Waals surface area contributed by atoms with Crippen LogP contribution in [0.25, 0.3) is 0 Å². The third kappa shape index (κ3) is 2.44. The number of hydrogen-bond donors (Lipinski definition) is 0. The Bertz CT molecular complexity index is 412. The van der Waals surface area contributed by atoms with Crippen molar-refractivity contribution in [1.29, 1.82) is 0 Å². The van der Waals surface area contributed by atoms with Crippen molar-refractivity contribution in [3.8, 4) is 0 Å². The average Bonchev–Trinajstić information content (AvgIpc) is 2.21. The van der Waals surface area contributed by atoms with Crippen LogP contribution in [0.15, 0.2) is 6.20 Å². The van der Waals surface area contributed by atoms with E-state index in [-0.39, 0.29) is 6.61 Å². The molecule has 0 saturated carbocycles. The topological polar surface area (TPSA) is 39.2 Å². The lowest BCUT2D eigenvalue weighted by atomic mass is 10.2. The summed E-state index contributed by atoms with van der Waals surface area (Å²) in [5.74, 6) is -2.33. The first-order valence-electron chi connectivity index (χ1n) is 4.28. The number of esters is 1. The van der Waals surface area contributed by atoms with E-state index < -0.39 is 34.5 Å². The van der Waals surface area contributed by atoms with E-state index in [2.05, 4.69) is 9.72 Å². The summed E-state index contributed by atoms with van der Waals surface area (Å²) < 4.78 is 42.4. The molecule has 0 unspecified atom stereocenters. The second-order valence-corrected chi connectivity index (χ2v) is 3.09. The van der Waals surface area contributed by atoms with E-state index in [1.807, 2.05) is 0 Å². The van der Waals surface area contributed by atoms with Crippen LogP contribution in [0.4, 0.5) is 13.2 Å². The lowest BCUT2D eigenvalue weighted by Crippen LogP contribution is -2.11. The summed E-state index contributed by atoms with van der Waals surface area (Å²) in [5.41, 5.74) is -1.46. The van der Waals surface area contributed by atoms with Crippen LogP contribution in [0.5, 0.6) is 0 Å². The van der Waals surface area contributed by atoms with E-state index in [4.69, 9.17) is 11.6 Å². The summed E-state index contributed by atoms with van der Waals surface area (Å²) >= 11 is 5.33. The normalized spacial score (nSPS) is 10.6. The lowest BCUT2D eigenvalue weighted by Gasteiger charge is -2.07. The summed E-state index contributed by atoms with van der Waals surface area (Å²) in [6, 6.07) is 0. The molecule has 0 amide bonds. The Morgan fingerprint density at radius 2 is 2.25 bits per heavy atom. The molecule has 1 aromatic heterocycles. The Morgan fingerprint density at radius 1 is 1.62 bits per heavy atom. The van der Waals surface area contributed by atoms with Gasteiger partial charge in [-0.25, -0.2) is 22.9 Å². The molecule has 0 aliphatic heterocycles. The van der Waals surface area contributed by atoms with Crippen LogP contribution in [0.3, 0.4) is 0 Å². The smallest absolute Gasteiger partial charge is 0.360 e. The number of carbonyl (C=O) groups excluding carboxylic acids is 1. The minimum absolute atomic E-state index is 0.0220. The molecule has 0 bridgehead atoms. The van der Waals surface area contributed by atoms with E-state index in [9.17, 15) is 18.0 Å². The molecule has 7 heteroatoms. The SMILES string of the molecule is CCOC(=O)c1ncc(C(F)F)c(Cl)c1F. The number of rotatable bonds is 3. The third-order valence-electron chi connectivity index (χ3n) is 1.69. The number of ether oxygens (including phenoxy) is 1. The molecule has 0 aliphatic carbocycles. The van der Waals surface area contributed by atoms with Crippen LogP contribution in [-0.4, -0.2) is 17.6 Å². The van der Waals surface area contributed by atoms with Crippen molar-refractivity contribution in [2.75, 3.05) is 6.61 Å². The quantitative estimate of drug-likeness (QED) is 0.778. The van der Waals surface area contributed by atoms with Crippen molar-refractivity contribution in [3.05, 3.63) is 28.3 Å². The molecule has 1 aromatic rings. The molecule has 0 fully saturated rings. The fourth-order valence-electron chi connectivity index (χ4n) is 0.972. The van der Waals surface area contributed by atoms with Gasteiger partial charge >= 0.3 is 5.97 Å². The Labute approximate surface area is 94.2 Å². The summed E-state index contributed by atoms with van der Waals surface area (Å²) in [4.78, 5) is 14.4. The minimum atomic E-state index is -2.95. The van der Waals surface area contributed by atoms with E-state index in [0.29, 0.717) is 6.20 Å². The van der Waals surface area contributed by atoms with Crippen LogP contribution >= 0.6 is 11.6 Å². The molecular weight excluding hydrogens is 247 g/mol. The standard InChI is InChI=1S/C9H7ClF3NO2/c1-2-16-9(15)7-6(11)5(10)4(3-14-7)8(12)13/h3,8H,2H2,1H3. The molecule has 88 valence electrons. The Hall–Kier alpha value is -1.30. The van der Waals surface area contributed by atoms with Gasteiger partial charge in [-0.2, -0.15) is 0 Å². The van der Waals surface area contributed by atoms with Crippen molar-refractivity contribution >= 4 is 17.6 Å². The van der Waals surface area contributed by atoms with Gasteiger partial charge in [0.2, 0.25) is 0 Å². The Kier molecular flexibility index (Phi) is 4.12. The van der Waals surface area contributed by atoms with Gasteiger partial charge in [0, 0.05) is 6.20 Å². The molecule has 0 aromatic carbocycles. The first kappa shape index (κ1) is 12.8. The highest BCUT2D eigenvalue weighted by Crippen LogP contribution is 2.29. The van der Waals surface area contributed by atoms with Gasteiger partial charge in [0.1, 0.15) is 0 Å². The van der Waals surface area contributed by atoms with Crippen molar-refractivity contribution in [3.63, 3.8) is 0 Å². The zero-order valence-electron chi connectivity index (χ0n) is 8.14. The molecule has 0 aliphatic rings. The molecule has 0 atom stereocenters. The predicted octanol–water partition coefficient (Wildman–Crippen LogP) is 2.99. The van der Waals surface area contributed by atoms with E-state index in [0.717, 1.165) is 0 Å². The van der Waals surface area contributed by atoms with Gasteiger partial charge in [-0.15, -0.1) is 0 Å². The number of alkyl halides is 2. The van der Waals surface area contributed by atoms with Gasteiger partial charge in [-0.3, -0.25) is 0 Å². The fraction of sp³-hybridized carbons (Fsp3) is 0.333. The zero-order chi connectivity index (χ0) is 12.3. The minimum Gasteiger partial charge on any atom is -0.461 e. The number of carbonyl (C=O) groups is 1. The molecule has 0 radical (unpaired) electrons. The zero-order valence-corrected chi connectivity index (χ0v) is 8.89. The molecule has 0 N–H and O–H groups in total. The van der Waals surface area contributed by atoms with Gasteiger partial charge in [-0.05, 0) is 6.92 Å². The molecule has 1 heterocycles. The predicted molar refractivity (Wildman–Crippen MR) is 50.1 cm³/mol. The maximum absolute atomic E-state index is 13.4. The fourth-order valence-corrected chi connectivity index (χ4v) is 1.19. The third-order valence-corrected chi connectivity index (χ3v) is 2.07. The number of pyridine rings is 1. The van der Waals surface area contributed by atoms with Crippen LogP contribution in [0.1, 0.15) is 29.4 Å². The number of nitrogens with zero attached hydrogens (tertiary/aromatic N) is 1. The van der Waals surface area contributed by atoms with Crippen LogP contribution in [-0.2, 0) is 4.74 Å². The summed E-state index contributed by atoms with van der Waals surface area (Å²) in [6.45, 7) is 1.54. The van der Waals surface area contributed by atoms with Gasteiger partial charge < -0.3 is 4.74 Å². The first-order chi connectivity index (χ1) is 7.49. The summed E-state index contributed by atoms with van der Waals surface area (Å²) in [5, 5.41) is -0.812. The van der Waals surface area contributed by atoms with Crippen molar-refractivity contribution in [1.82, 2.24) is 4.98 Å². The van der Waals surface area contributed by atoms with Gasteiger partial charge in [0.05, 0.1) is 17.2 Å². The maximum atomic E-state index is 13.4. The van der Waals surface area contributed by atoms with Crippen molar-refractivity contribution < 1.29 is 22.7 Å². The second-order valence-electron chi connectivity index (χ2n) is 2.71. The summed E-state index contributed by atoms with van der Waals surface area (Å²) in [6.07, 6.45) is -2.30. The summed E-state index contributed by atoms with van der Waals surface area (Å²) in [7, 11) is 0. The van der Waals surface area contributed by atoms with Crippen molar-refractivity contribution in [2.24, 2.45) is 0 Å². The Balaban J connectivity index is 3.16. The van der Waals surface area contributed by atoms with Crippen LogP contribution in [0, 0.1) is 5.82 Å². The number of aromatic nitrogens is 1. The molecule has 0 saturated heterocycles. The van der Waals surface area contributed by atoms with Crippen LogP contribution in [0.2, 0.25) is 5.02 Å². The van der Waals surface area contributed by atoms with Gasteiger partial charge in [0.15, 0.2) is 11.5 Å². The van der Waals surface area contributed by atoms with Crippen LogP contribution < -0.4 is 0 Å². The highest BCUT2D eigenvalue weighted by molar-refractivity contribution is 6.31. The molecule has 1 rings (SSSR count). The average molecular weight is 254 g/mol. The number of hydrogen-bond acceptors (Lipinski definition) is 3. The van der Waals surface area contributed by atoms with E-state index in [1.54, 1.807) is 0 Å². The van der Waals surface area contributed by atoms with E-state index >= 15 is 0 Å². The van der Waals surface area contributed by atoms with Gasteiger partial charge in [-0.1, -0.05) is 11.6 Å². The molecular formula is C9H7ClF3NO2. The monoisotopic (exact) mass is 253 g/mol. The first-order valence-corrected chi connectivity index (χ1v) is 4.66. The molecule has 0 spiro atoms. The van der Waals surface area contributed by atoms with Gasteiger partial charge in [0.25, 0.3) is 6.43 Å². The van der Waals surface area contributed by atoms with Crippen molar-refractivity contribution in [2.45, 2.75) is 13.3 Å². The number of halogens is 4. The molecule has 3 nitrogen and oxygen atoms in total. The largest absolute Gasteiger partial charge is 0.461 e. The molecule has 16 heavy (non-hydrogen) atoms. The van der Waals surface area contributed by atoms with E-state index in [1.165, 1.54) is 6.92 Å². The Morgan fingerprint density at radius 3 is 2.75 bits per heavy atom.